The van der Waals surface area contributed by atoms with Gasteiger partial charge in [0.05, 0.1) is 23.2 Å². The number of hydrogen-bond acceptors (Lipinski definition) is 5. The summed E-state index contributed by atoms with van der Waals surface area (Å²) in [6.07, 6.45) is 0.303. The Hall–Kier alpha value is -2.80. The van der Waals surface area contributed by atoms with Gasteiger partial charge in [-0.2, -0.15) is 0 Å². The molecule has 1 heterocycles. The SMILES string of the molecule is CCOc1ccccc1NC(=O)CCSc1nc2ccccc2c(=O)n1CC. The molecule has 1 amide bonds. The van der Waals surface area contributed by atoms with E-state index in [0.717, 1.165) is 0 Å². The van der Waals surface area contributed by atoms with Crippen molar-refractivity contribution in [2.24, 2.45) is 0 Å². The van der Waals surface area contributed by atoms with Gasteiger partial charge in [0.25, 0.3) is 5.56 Å². The molecule has 3 rings (SSSR count). The Bertz CT molecular complexity index is 1030. The van der Waals surface area contributed by atoms with Crippen molar-refractivity contribution in [3.05, 3.63) is 58.9 Å². The molecule has 0 atom stereocenters. The molecule has 0 saturated heterocycles. The second-order valence-electron chi connectivity index (χ2n) is 6.04. The van der Waals surface area contributed by atoms with Gasteiger partial charge < -0.3 is 10.1 Å². The van der Waals surface area contributed by atoms with Crippen LogP contribution in [-0.4, -0.2) is 27.8 Å². The average molecular weight is 398 g/mol. The fourth-order valence-electron chi connectivity index (χ4n) is 2.84. The summed E-state index contributed by atoms with van der Waals surface area (Å²) >= 11 is 1.41. The Morgan fingerprint density at radius 2 is 1.89 bits per heavy atom. The summed E-state index contributed by atoms with van der Waals surface area (Å²) in [5, 5.41) is 4.13. The second kappa shape index (κ2) is 9.41. The van der Waals surface area contributed by atoms with Gasteiger partial charge in [-0.15, -0.1) is 0 Å². The number of nitrogens with zero attached hydrogens (tertiary/aromatic N) is 2. The maximum absolute atomic E-state index is 12.6. The normalized spacial score (nSPS) is 10.8. The lowest BCUT2D eigenvalue weighted by atomic mass is 10.2. The van der Waals surface area contributed by atoms with Crippen molar-refractivity contribution in [3.63, 3.8) is 0 Å². The number of carbonyl (C=O) groups is 1. The number of ether oxygens (including phenoxy) is 1. The minimum Gasteiger partial charge on any atom is -0.492 e. The van der Waals surface area contributed by atoms with Gasteiger partial charge in [-0.25, -0.2) is 4.98 Å². The second-order valence-corrected chi connectivity index (χ2v) is 7.10. The molecule has 0 radical (unpaired) electrons. The Morgan fingerprint density at radius 1 is 1.14 bits per heavy atom. The highest BCUT2D eigenvalue weighted by atomic mass is 32.2. The number of carbonyl (C=O) groups excluding carboxylic acids is 1. The first-order valence-corrected chi connectivity index (χ1v) is 10.3. The number of benzene rings is 2. The van der Waals surface area contributed by atoms with Gasteiger partial charge in [-0.1, -0.05) is 36.0 Å². The molecule has 2 aromatic carbocycles. The number of anilines is 1. The summed E-state index contributed by atoms with van der Waals surface area (Å²) in [5.41, 5.74) is 1.29. The van der Waals surface area contributed by atoms with E-state index >= 15 is 0 Å². The zero-order chi connectivity index (χ0) is 19.9. The Labute approximate surface area is 167 Å². The number of para-hydroxylation sites is 3. The van der Waals surface area contributed by atoms with E-state index in [1.165, 1.54) is 11.8 Å². The molecule has 0 spiro atoms. The van der Waals surface area contributed by atoms with Crippen LogP contribution in [0.25, 0.3) is 10.9 Å². The number of nitrogens with one attached hydrogen (secondary N) is 1. The van der Waals surface area contributed by atoms with Gasteiger partial charge in [0.1, 0.15) is 5.75 Å². The highest BCUT2D eigenvalue weighted by molar-refractivity contribution is 7.99. The lowest BCUT2D eigenvalue weighted by Gasteiger charge is -2.12. The molecule has 0 bridgehead atoms. The monoisotopic (exact) mass is 397 g/mol. The van der Waals surface area contributed by atoms with Crippen molar-refractivity contribution >= 4 is 34.3 Å². The molecule has 1 aromatic heterocycles. The third-order valence-corrected chi connectivity index (χ3v) is 5.14. The number of rotatable bonds is 8. The fraction of sp³-hybridized carbons (Fsp3) is 0.286. The van der Waals surface area contributed by atoms with Crippen molar-refractivity contribution in [3.8, 4) is 5.75 Å². The van der Waals surface area contributed by atoms with Crippen molar-refractivity contribution in [1.29, 1.82) is 0 Å². The standard InChI is InChI=1S/C21H23N3O3S/c1-3-24-20(26)15-9-5-6-10-16(15)23-21(24)28-14-13-19(25)22-17-11-7-8-12-18(17)27-4-2/h5-12H,3-4,13-14H2,1-2H3,(H,22,25). The molecular weight excluding hydrogens is 374 g/mol. The Balaban J connectivity index is 1.67. The lowest BCUT2D eigenvalue weighted by molar-refractivity contribution is -0.115. The fourth-order valence-corrected chi connectivity index (χ4v) is 3.84. The largest absolute Gasteiger partial charge is 0.492 e. The van der Waals surface area contributed by atoms with E-state index in [9.17, 15) is 9.59 Å². The third kappa shape index (κ3) is 4.54. The molecular formula is C21H23N3O3S. The van der Waals surface area contributed by atoms with E-state index in [1.807, 2.05) is 56.3 Å². The van der Waals surface area contributed by atoms with E-state index < -0.39 is 0 Å². The molecule has 7 heteroatoms. The van der Waals surface area contributed by atoms with Crippen LogP contribution in [0.3, 0.4) is 0 Å². The van der Waals surface area contributed by atoms with Crippen LogP contribution in [0.1, 0.15) is 20.3 Å². The summed E-state index contributed by atoms with van der Waals surface area (Å²) < 4.78 is 7.18. The minimum atomic E-state index is -0.106. The van der Waals surface area contributed by atoms with E-state index in [2.05, 4.69) is 10.3 Å². The van der Waals surface area contributed by atoms with E-state index in [1.54, 1.807) is 10.6 Å². The van der Waals surface area contributed by atoms with Crippen LogP contribution in [0, 0.1) is 0 Å². The van der Waals surface area contributed by atoms with Crippen LogP contribution in [-0.2, 0) is 11.3 Å². The van der Waals surface area contributed by atoms with Gasteiger partial charge in [0.15, 0.2) is 5.16 Å². The highest BCUT2D eigenvalue weighted by Crippen LogP contribution is 2.24. The van der Waals surface area contributed by atoms with Gasteiger partial charge in [-0.05, 0) is 38.1 Å². The number of fused-ring (bicyclic) bond motifs is 1. The quantitative estimate of drug-likeness (QED) is 0.460. The predicted molar refractivity (Wildman–Crippen MR) is 113 cm³/mol. The van der Waals surface area contributed by atoms with Gasteiger partial charge in [0, 0.05) is 18.7 Å². The predicted octanol–water partition coefficient (Wildman–Crippen LogP) is 3.94. The van der Waals surface area contributed by atoms with E-state index in [-0.39, 0.29) is 11.5 Å². The maximum Gasteiger partial charge on any atom is 0.262 e. The van der Waals surface area contributed by atoms with Crippen molar-refractivity contribution in [1.82, 2.24) is 9.55 Å². The molecule has 0 fully saturated rings. The van der Waals surface area contributed by atoms with Crippen LogP contribution in [0.5, 0.6) is 5.75 Å². The third-order valence-electron chi connectivity index (χ3n) is 4.16. The molecule has 3 aromatic rings. The summed E-state index contributed by atoms with van der Waals surface area (Å²) in [6.45, 7) is 4.89. The van der Waals surface area contributed by atoms with Gasteiger partial charge in [0.2, 0.25) is 5.91 Å². The first kappa shape index (κ1) is 19.9. The zero-order valence-corrected chi connectivity index (χ0v) is 16.8. The van der Waals surface area contributed by atoms with Crippen LogP contribution in [0.15, 0.2) is 58.5 Å². The number of aromatic nitrogens is 2. The maximum atomic E-state index is 12.6. The Morgan fingerprint density at radius 3 is 2.68 bits per heavy atom. The molecule has 0 unspecified atom stereocenters. The molecule has 0 aliphatic rings. The minimum absolute atomic E-state index is 0.0503. The zero-order valence-electron chi connectivity index (χ0n) is 16.0. The molecule has 0 aliphatic carbocycles. The molecule has 28 heavy (non-hydrogen) atoms. The number of amides is 1. The summed E-state index contributed by atoms with van der Waals surface area (Å²) in [6, 6.07) is 14.7. The first-order valence-electron chi connectivity index (χ1n) is 9.28. The van der Waals surface area contributed by atoms with Crippen molar-refractivity contribution < 1.29 is 9.53 Å². The first-order chi connectivity index (χ1) is 13.6. The van der Waals surface area contributed by atoms with Crippen molar-refractivity contribution in [2.45, 2.75) is 32.0 Å². The number of hydrogen-bond donors (Lipinski definition) is 1. The van der Waals surface area contributed by atoms with Crippen LogP contribution in [0.4, 0.5) is 5.69 Å². The molecule has 0 aliphatic heterocycles. The lowest BCUT2D eigenvalue weighted by Crippen LogP contribution is -2.22. The van der Waals surface area contributed by atoms with Crippen LogP contribution < -0.4 is 15.6 Å². The average Bonchev–Trinajstić information content (AvgIpc) is 2.70. The van der Waals surface area contributed by atoms with Crippen molar-refractivity contribution in [2.75, 3.05) is 17.7 Å². The topological polar surface area (TPSA) is 73.2 Å². The molecule has 0 saturated carbocycles. The molecule has 1 N–H and O–H groups in total. The smallest absolute Gasteiger partial charge is 0.262 e. The summed E-state index contributed by atoms with van der Waals surface area (Å²) in [5.74, 6) is 1.07. The van der Waals surface area contributed by atoms with Gasteiger partial charge in [-0.3, -0.25) is 14.2 Å². The van der Waals surface area contributed by atoms with E-state index in [4.69, 9.17) is 4.74 Å². The highest BCUT2D eigenvalue weighted by Gasteiger charge is 2.12. The molecule has 6 nitrogen and oxygen atoms in total. The van der Waals surface area contributed by atoms with E-state index in [0.29, 0.717) is 52.8 Å². The number of thioether (sulfide) groups is 1. The van der Waals surface area contributed by atoms with Crippen LogP contribution >= 0.6 is 11.8 Å². The molecule has 146 valence electrons. The van der Waals surface area contributed by atoms with Crippen LogP contribution in [0.2, 0.25) is 0 Å². The summed E-state index contributed by atoms with van der Waals surface area (Å²) in [4.78, 5) is 29.6. The Kier molecular flexibility index (Phi) is 6.71. The van der Waals surface area contributed by atoms with Gasteiger partial charge >= 0.3 is 0 Å². The summed E-state index contributed by atoms with van der Waals surface area (Å²) in [7, 11) is 0.